The van der Waals surface area contributed by atoms with E-state index in [1.165, 1.54) is 4.31 Å². The molecule has 7 heteroatoms. The maximum Gasteiger partial charge on any atom is 0.279 e. The summed E-state index contributed by atoms with van der Waals surface area (Å²) in [7, 11) is -1.76. The van der Waals surface area contributed by atoms with E-state index in [1.807, 2.05) is 0 Å². The fourth-order valence-electron chi connectivity index (χ4n) is 1.74. The fourth-order valence-corrected chi connectivity index (χ4v) is 2.90. The summed E-state index contributed by atoms with van der Waals surface area (Å²) in [6.45, 7) is 6.59. The second-order valence-electron chi connectivity index (χ2n) is 4.97. The van der Waals surface area contributed by atoms with Gasteiger partial charge in [0, 0.05) is 32.3 Å². The van der Waals surface area contributed by atoms with Gasteiger partial charge >= 0.3 is 0 Å². The average Bonchev–Trinajstić information content (AvgIpc) is 2.75. The summed E-state index contributed by atoms with van der Waals surface area (Å²) in [5.74, 6) is 0. The van der Waals surface area contributed by atoms with E-state index in [2.05, 4.69) is 23.9 Å². The molecule has 1 rings (SSSR count). The number of ether oxygens (including phenoxy) is 1. The summed E-state index contributed by atoms with van der Waals surface area (Å²) in [5.41, 5.74) is 0. The summed E-state index contributed by atoms with van der Waals surface area (Å²) in [6.07, 6.45) is 1.55. The number of nitrogens with one attached hydrogen (secondary N) is 2. The SMILES string of the molecule is CC(C)NCCCN(C)S(=O)(=O)NC1CCOC1. The van der Waals surface area contributed by atoms with E-state index in [0.717, 1.165) is 19.4 Å². The van der Waals surface area contributed by atoms with Gasteiger partial charge in [0.2, 0.25) is 0 Å². The van der Waals surface area contributed by atoms with E-state index in [4.69, 9.17) is 4.74 Å². The van der Waals surface area contributed by atoms with Crippen molar-refractivity contribution in [3.63, 3.8) is 0 Å². The Bertz CT molecular complexity index is 326. The van der Waals surface area contributed by atoms with E-state index >= 15 is 0 Å². The zero-order valence-corrected chi connectivity index (χ0v) is 12.3. The standard InChI is InChI=1S/C11H25N3O3S/c1-10(2)12-6-4-7-14(3)18(15,16)13-11-5-8-17-9-11/h10-13H,4-9H2,1-3H3. The van der Waals surface area contributed by atoms with Gasteiger partial charge in [0.15, 0.2) is 0 Å². The van der Waals surface area contributed by atoms with Crippen LogP contribution in [0, 0.1) is 0 Å². The Morgan fingerprint density at radius 3 is 2.72 bits per heavy atom. The Kier molecular flexibility index (Phi) is 6.51. The van der Waals surface area contributed by atoms with E-state index < -0.39 is 10.2 Å². The third kappa shape index (κ3) is 5.62. The van der Waals surface area contributed by atoms with E-state index in [0.29, 0.717) is 25.8 Å². The number of hydrogen-bond acceptors (Lipinski definition) is 4. The Morgan fingerprint density at radius 1 is 1.44 bits per heavy atom. The molecule has 0 aromatic rings. The first-order valence-corrected chi connectivity index (χ1v) is 7.90. The van der Waals surface area contributed by atoms with Crippen molar-refractivity contribution in [1.82, 2.24) is 14.3 Å². The van der Waals surface area contributed by atoms with E-state index in [-0.39, 0.29) is 6.04 Å². The minimum atomic E-state index is -3.37. The first-order chi connectivity index (χ1) is 8.42. The van der Waals surface area contributed by atoms with Crippen LogP contribution in [0.15, 0.2) is 0 Å². The minimum Gasteiger partial charge on any atom is -0.380 e. The molecule has 1 aliphatic rings. The molecule has 0 bridgehead atoms. The zero-order valence-electron chi connectivity index (χ0n) is 11.5. The van der Waals surface area contributed by atoms with Crippen LogP contribution in [-0.4, -0.2) is 58.2 Å². The normalized spacial score (nSPS) is 21.1. The highest BCUT2D eigenvalue weighted by Gasteiger charge is 2.24. The number of rotatable bonds is 8. The molecule has 1 unspecified atom stereocenters. The predicted octanol–water partition coefficient (Wildman–Crippen LogP) is -0.0704. The second kappa shape index (κ2) is 7.40. The molecule has 0 radical (unpaired) electrons. The molecule has 1 fully saturated rings. The Hall–Kier alpha value is -0.210. The lowest BCUT2D eigenvalue weighted by molar-refractivity contribution is 0.192. The van der Waals surface area contributed by atoms with Crippen LogP contribution in [0.2, 0.25) is 0 Å². The molecule has 0 saturated carbocycles. The highest BCUT2D eigenvalue weighted by molar-refractivity contribution is 7.87. The third-order valence-electron chi connectivity index (χ3n) is 2.86. The first-order valence-electron chi connectivity index (χ1n) is 6.46. The summed E-state index contributed by atoms with van der Waals surface area (Å²) >= 11 is 0. The van der Waals surface area contributed by atoms with Crippen LogP contribution in [0.5, 0.6) is 0 Å². The van der Waals surface area contributed by atoms with Crippen molar-refractivity contribution >= 4 is 10.2 Å². The highest BCUT2D eigenvalue weighted by Crippen LogP contribution is 2.06. The van der Waals surface area contributed by atoms with Gasteiger partial charge < -0.3 is 10.1 Å². The molecule has 2 N–H and O–H groups in total. The van der Waals surface area contributed by atoms with Gasteiger partial charge in [0.25, 0.3) is 10.2 Å². The molecule has 0 spiro atoms. The Labute approximate surface area is 110 Å². The van der Waals surface area contributed by atoms with Crippen LogP contribution in [-0.2, 0) is 14.9 Å². The summed E-state index contributed by atoms with van der Waals surface area (Å²) in [4.78, 5) is 0. The van der Waals surface area contributed by atoms with Crippen LogP contribution < -0.4 is 10.0 Å². The van der Waals surface area contributed by atoms with Crippen LogP contribution in [0.1, 0.15) is 26.7 Å². The van der Waals surface area contributed by atoms with Gasteiger partial charge in [0.1, 0.15) is 0 Å². The van der Waals surface area contributed by atoms with E-state index in [9.17, 15) is 8.42 Å². The lowest BCUT2D eigenvalue weighted by Gasteiger charge is -2.20. The molecule has 0 aliphatic carbocycles. The topological polar surface area (TPSA) is 70.7 Å². The van der Waals surface area contributed by atoms with Gasteiger partial charge in [-0.1, -0.05) is 13.8 Å². The summed E-state index contributed by atoms with van der Waals surface area (Å²) in [5, 5.41) is 3.26. The molecule has 0 aromatic carbocycles. The van der Waals surface area contributed by atoms with Gasteiger partial charge in [-0.15, -0.1) is 0 Å². The minimum absolute atomic E-state index is 0.0776. The quantitative estimate of drug-likeness (QED) is 0.610. The van der Waals surface area contributed by atoms with E-state index in [1.54, 1.807) is 7.05 Å². The van der Waals surface area contributed by atoms with Crippen molar-refractivity contribution < 1.29 is 13.2 Å². The molecule has 0 aromatic heterocycles. The van der Waals surface area contributed by atoms with Crippen molar-refractivity contribution in [3.8, 4) is 0 Å². The molecule has 6 nitrogen and oxygen atoms in total. The van der Waals surface area contributed by atoms with Gasteiger partial charge in [0.05, 0.1) is 6.61 Å². The molecule has 1 aliphatic heterocycles. The van der Waals surface area contributed by atoms with Crippen LogP contribution in [0.3, 0.4) is 0 Å². The highest BCUT2D eigenvalue weighted by atomic mass is 32.2. The second-order valence-corrected chi connectivity index (χ2v) is 6.78. The fraction of sp³-hybridized carbons (Fsp3) is 1.00. The lowest BCUT2D eigenvalue weighted by atomic mass is 10.3. The summed E-state index contributed by atoms with van der Waals surface area (Å²) in [6, 6.07) is 0.354. The van der Waals surface area contributed by atoms with Gasteiger partial charge in [-0.25, -0.2) is 0 Å². The van der Waals surface area contributed by atoms with Crippen molar-refractivity contribution in [1.29, 1.82) is 0 Å². The molecule has 18 heavy (non-hydrogen) atoms. The molecule has 1 heterocycles. The Balaban J connectivity index is 2.27. The van der Waals surface area contributed by atoms with Crippen molar-refractivity contribution in [3.05, 3.63) is 0 Å². The first kappa shape index (κ1) is 15.8. The maximum atomic E-state index is 12.0. The largest absolute Gasteiger partial charge is 0.380 e. The van der Waals surface area contributed by atoms with Gasteiger partial charge in [-0.2, -0.15) is 17.4 Å². The molecule has 0 amide bonds. The third-order valence-corrected chi connectivity index (χ3v) is 4.49. The monoisotopic (exact) mass is 279 g/mol. The maximum absolute atomic E-state index is 12.0. The summed E-state index contributed by atoms with van der Waals surface area (Å²) < 4.78 is 33.1. The molecule has 1 atom stereocenters. The molecule has 1 saturated heterocycles. The lowest BCUT2D eigenvalue weighted by Crippen LogP contribution is -2.44. The Morgan fingerprint density at radius 2 is 2.17 bits per heavy atom. The van der Waals surface area contributed by atoms with Gasteiger partial charge in [-0.3, -0.25) is 0 Å². The van der Waals surface area contributed by atoms with Crippen molar-refractivity contribution in [2.24, 2.45) is 0 Å². The molecular formula is C11H25N3O3S. The predicted molar refractivity (Wildman–Crippen MR) is 71.7 cm³/mol. The molecular weight excluding hydrogens is 254 g/mol. The van der Waals surface area contributed by atoms with Gasteiger partial charge in [-0.05, 0) is 19.4 Å². The average molecular weight is 279 g/mol. The number of hydrogen-bond donors (Lipinski definition) is 2. The van der Waals surface area contributed by atoms with Crippen molar-refractivity contribution in [2.45, 2.75) is 38.8 Å². The van der Waals surface area contributed by atoms with Crippen LogP contribution in [0.25, 0.3) is 0 Å². The number of nitrogens with zero attached hydrogens (tertiary/aromatic N) is 1. The van der Waals surface area contributed by atoms with Crippen LogP contribution in [0.4, 0.5) is 0 Å². The van der Waals surface area contributed by atoms with Crippen LogP contribution >= 0.6 is 0 Å². The smallest absolute Gasteiger partial charge is 0.279 e. The van der Waals surface area contributed by atoms with Crippen molar-refractivity contribution in [2.75, 3.05) is 33.4 Å². The zero-order chi connectivity index (χ0) is 13.6. The molecule has 108 valence electrons.